The lowest BCUT2D eigenvalue weighted by Crippen LogP contribution is -2.74. The third-order valence-electron chi connectivity index (χ3n) is 13.3. The number of amides is 2. The van der Waals surface area contributed by atoms with Gasteiger partial charge in [0.05, 0.1) is 28.9 Å². The zero-order valence-electron chi connectivity index (χ0n) is 37.4. The number of aromatic nitrogens is 1. The van der Waals surface area contributed by atoms with Crippen LogP contribution in [0.2, 0.25) is 0 Å². The smallest absolute Gasteiger partial charge is 0.417 e. The molecule has 0 unspecified atom stereocenters. The summed E-state index contributed by atoms with van der Waals surface area (Å²) in [7, 11) is 0. The van der Waals surface area contributed by atoms with E-state index in [0.29, 0.717) is 54.5 Å². The number of phenolic OH excluding ortho intramolecular Hbond substituents is 1. The Morgan fingerprint density at radius 1 is 0.953 bits per heavy atom. The normalized spacial score (nSPS) is 23.5. The number of H-pyrrole nitrogens is 1. The first-order valence-corrected chi connectivity index (χ1v) is 22.5. The van der Waals surface area contributed by atoms with Gasteiger partial charge >= 0.3 is 12.2 Å². The Morgan fingerprint density at radius 2 is 1.72 bits per heavy atom. The number of fused-ring (bicyclic) bond motifs is 4. The first-order chi connectivity index (χ1) is 30.5. The van der Waals surface area contributed by atoms with E-state index in [9.17, 15) is 19.8 Å². The number of rotatable bonds is 8. The van der Waals surface area contributed by atoms with Gasteiger partial charge in [-0.15, -0.1) is 0 Å². The number of ether oxygens (including phenoxy) is 4. The average Bonchev–Trinajstić information content (AvgIpc) is 3.88. The highest BCUT2D eigenvalue weighted by molar-refractivity contribution is 6.03. The van der Waals surface area contributed by atoms with Crippen LogP contribution in [-0.4, -0.2) is 79.1 Å². The molecule has 1 aromatic heterocycles. The van der Waals surface area contributed by atoms with Gasteiger partial charge in [-0.2, -0.15) is 0 Å². The van der Waals surface area contributed by atoms with Crippen molar-refractivity contribution in [1.29, 1.82) is 0 Å². The Hall–Kier alpha value is -6.05. The van der Waals surface area contributed by atoms with E-state index in [1.165, 1.54) is 17.7 Å². The van der Waals surface area contributed by atoms with Gasteiger partial charge in [0.2, 0.25) is 5.96 Å². The van der Waals surface area contributed by atoms with Crippen LogP contribution in [0.15, 0.2) is 89.9 Å². The summed E-state index contributed by atoms with van der Waals surface area (Å²) in [6, 6.07) is 26.5. The Labute approximate surface area is 373 Å². The van der Waals surface area contributed by atoms with E-state index < -0.39 is 40.5 Å². The molecule has 5 aliphatic rings. The highest BCUT2D eigenvalue weighted by Crippen LogP contribution is 2.69. The van der Waals surface area contributed by atoms with Crippen molar-refractivity contribution in [2.45, 2.75) is 121 Å². The molecule has 64 heavy (non-hydrogen) atoms. The highest BCUT2D eigenvalue weighted by atomic mass is 16.6. The van der Waals surface area contributed by atoms with Gasteiger partial charge in [0.25, 0.3) is 0 Å². The largest absolute Gasteiger partial charge is 0.504 e. The van der Waals surface area contributed by atoms with Gasteiger partial charge < -0.3 is 34.1 Å². The first-order valence-electron chi connectivity index (χ1n) is 22.5. The molecule has 2 amide bonds. The zero-order chi connectivity index (χ0) is 44.8. The third kappa shape index (κ3) is 7.51. The number of aliphatic hydroxyl groups is 1. The average molecular weight is 868 g/mol. The molecular weight excluding hydrogens is 811 g/mol. The fraction of sp³-hybridized carbons (Fsp3) is 0.431. The molecule has 3 heterocycles. The molecule has 3 aliphatic carbocycles. The van der Waals surface area contributed by atoms with Crippen LogP contribution in [0.5, 0.6) is 17.2 Å². The highest BCUT2D eigenvalue weighted by Gasteiger charge is 2.73. The molecule has 13 nitrogen and oxygen atoms in total. The summed E-state index contributed by atoms with van der Waals surface area (Å²) in [5.74, 6) is 1.71. The maximum absolute atomic E-state index is 14.3. The first kappa shape index (κ1) is 41.9. The Kier molecular flexibility index (Phi) is 10.0. The van der Waals surface area contributed by atoms with E-state index in [-0.39, 0.29) is 24.3 Å². The van der Waals surface area contributed by atoms with Crippen molar-refractivity contribution in [3.05, 3.63) is 118 Å². The number of carbonyl (C=O) groups excluding carboxylic acids is 2. The van der Waals surface area contributed by atoms with Crippen molar-refractivity contribution in [3.8, 4) is 17.2 Å². The fourth-order valence-electron chi connectivity index (χ4n) is 10.6. The van der Waals surface area contributed by atoms with Crippen LogP contribution in [0.25, 0.3) is 10.9 Å². The van der Waals surface area contributed by atoms with Crippen LogP contribution in [0, 0.1) is 5.92 Å². The number of hydrogen-bond acceptors (Lipinski definition) is 10. The Morgan fingerprint density at radius 3 is 2.47 bits per heavy atom. The summed E-state index contributed by atoms with van der Waals surface area (Å²) in [5, 5.41) is 28.3. The number of phenols is 1. The molecule has 4 N–H and O–H groups in total. The van der Waals surface area contributed by atoms with Crippen molar-refractivity contribution < 1.29 is 38.7 Å². The monoisotopic (exact) mass is 867 g/mol. The van der Waals surface area contributed by atoms with Crippen LogP contribution in [0.3, 0.4) is 0 Å². The van der Waals surface area contributed by atoms with E-state index in [1.54, 1.807) is 47.6 Å². The molecular formula is C51H57N5O8. The molecule has 334 valence electrons. The Bertz CT molecular complexity index is 2680. The van der Waals surface area contributed by atoms with Crippen LogP contribution >= 0.6 is 0 Å². The molecule has 1 saturated heterocycles. The molecule has 5 aromatic rings. The summed E-state index contributed by atoms with van der Waals surface area (Å²) in [4.78, 5) is 40.3. The van der Waals surface area contributed by atoms with E-state index in [1.807, 2.05) is 78.9 Å². The number of nitrogens with one attached hydrogen (secondary N) is 2. The van der Waals surface area contributed by atoms with Gasteiger partial charge in [0.15, 0.2) is 17.6 Å². The van der Waals surface area contributed by atoms with Crippen LogP contribution < -0.4 is 14.8 Å². The van der Waals surface area contributed by atoms with E-state index in [0.717, 1.165) is 51.9 Å². The molecule has 2 bridgehead atoms. The number of nitrogens with zero attached hydrogens (tertiary/aromatic N) is 3. The van der Waals surface area contributed by atoms with Crippen molar-refractivity contribution in [2.24, 2.45) is 10.9 Å². The minimum Gasteiger partial charge on any atom is -0.504 e. The maximum atomic E-state index is 14.3. The fourth-order valence-corrected chi connectivity index (χ4v) is 10.6. The predicted molar refractivity (Wildman–Crippen MR) is 242 cm³/mol. The van der Waals surface area contributed by atoms with Gasteiger partial charge in [-0.3, -0.25) is 10.2 Å². The van der Waals surface area contributed by atoms with Gasteiger partial charge in [0, 0.05) is 35.5 Å². The van der Waals surface area contributed by atoms with Crippen LogP contribution in [0.1, 0.15) is 100 Å². The van der Waals surface area contributed by atoms with E-state index in [2.05, 4.69) is 15.2 Å². The maximum Gasteiger partial charge on any atom is 0.417 e. The number of aromatic hydroxyl groups is 1. The van der Waals surface area contributed by atoms with Crippen LogP contribution in [-0.2, 0) is 40.9 Å². The topological polar surface area (TPSA) is 158 Å². The van der Waals surface area contributed by atoms with Crippen molar-refractivity contribution in [1.82, 2.24) is 20.1 Å². The second kappa shape index (κ2) is 15.3. The number of aliphatic imine (C=N–C) groups is 1. The number of benzene rings is 4. The van der Waals surface area contributed by atoms with Gasteiger partial charge in [-0.25, -0.2) is 19.5 Å². The zero-order valence-corrected chi connectivity index (χ0v) is 37.4. The molecule has 10 rings (SSSR count). The van der Waals surface area contributed by atoms with Gasteiger partial charge in [0.1, 0.15) is 23.6 Å². The lowest BCUT2D eigenvalue weighted by molar-refractivity contribution is -0.173. The quantitative estimate of drug-likeness (QED) is 0.0882. The number of likely N-dealkylation sites (tertiary alicyclic amines) is 1. The molecule has 4 atom stereocenters. The minimum atomic E-state index is -1.19. The van der Waals surface area contributed by atoms with E-state index >= 15 is 0 Å². The molecule has 0 radical (unpaired) electrons. The minimum absolute atomic E-state index is 0.0316. The third-order valence-corrected chi connectivity index (χ3v) is 13.3. The molecule has 4 aromatic carbocycles. The summed E-state index contributed by atoms with van der Waals surface area (Å²) < 4.78 is 24.6. The second-order valence-corrected chi connectivity index (χ2v) is 20.2. The summed E-state index contributed by atoms with van der Waals surface area (Å²) >= 11 is 0. The van der Waals surface area contributed by atoms with Crippen molar-refractivity contribution in [3.63, 3.8) is 0 Å². The number of piperidine rings is 1. The molecule has 1 saturated carbocycles. The second-order valence-electron chi connectivity index (χ2n) is 20.2. The lowest BCUT2D eigenvalue weighted by atomic mass is 9.49. The summed E-state index contributed by atoms with van der Waals surface area (Å²) in [5.41, 5.74) is 3.21. The van der Waals surface area contributed by atoms with Crippen LogP contribution in [0.4, 0.5) is 15.3 Å². The van der Waals surface area contributed by atoms with Gasteiger partial charge in [-0.1, -0.05) is 48.5 Å². The lowest BCUT2D eigenvalue weighted by Gasteiger charge is -2.62. The molecule has 2 fully saturated rings. The standard InChI is InChI=1S/C51H57N5O8/c1-48(2,3)63-46(58)54-45(56(47(59)64-49(4,5)6)28-32-13-10-14-35(23-32)61-29-31-11-8-7-9-12-31)52-34-18-19-38-36(25-34)37-26-51(60)40-24-33-17-20-39(57)43-41(33)50(51,44(62-43)42(37)53-38)21-22-55(40)27-30-15-16-30/h7-14,17-20,23,25,30,40,44,53,57,60H,15-16,21-22,24,26-29H2,1-6H3,(H,52,54,58)/t40-,44-,50-,51+/m0/s1. The summed E-state index contributed by atoms with van der Waals surface area (Å²) in [6.07, 6.45) is 2.09. The molecule has 13 heteroatoms. The summed E-state index contributed by atoms with van der Waals surface area (Å²) in [6.45, 7) is 12.8. The molecule has 1 spiro atoms. The number of aromatic amines is 1. The van der Waals surface area contributed by atoms with E-state index in [4.69, 9.17) is 23.9 Å². The Balaban J connectivity index is 1.05. The SMILES string of the molecule is CC(C)(C)OC(=O)NC(=Nc1ccc2[nH]c3c(c2c1)C[C@@]1(O)[C@@H]2Cc4ccc(O)c5c4[C@@]1(CCN2CC1CC1)[C@H]3O5)N(Cc1cccc(OCc2ccccc2)c1)C(=O)OC(C)(C)C. The van der Waals surface area contributed by atoms with Gasteiger partial charge in [-0.05, 0) is 138 Å². The number of hydrogen-bond donors (Lipinski definition) is 4. The number of carbonyl (C=O) groups is 2. The van der Waals surface area contributed by atoms with Crippen molar-refractivity contribution >= 4 is 34.7 Å². The molecule has 2 aliphatic heterocycles. The number of alkyl carbamates (subject to hydrolysis) is 1. The number of guanidine groups is 1. The predicted octanol–water partition coefficient (Wildman–Crippen LogP) is 9.10. The van der Waals surface area contributed by atoms with Crippen molar-refractivity contribution in [2.75, 3.05) is 13.1 Å².